The molecule has 11 nitrogen and oxygen atoms in total. The Hall–Kier alpha value is -3.67. The van der Waals surface area contributed by atoms with Crippen LogP contribution in [0.5, 0.6) is 0 Å². The molecule has 0 bridgehead atoms. The molecule has 0 spiro atoms. The Bertz CT molecular complexity index is 1610. The topological polar surface area (TPSA) is 112 Å². The van der Waals surface area contributed by atoms with Crippen LogP contribution in [0.25, 0.3) is 27.3 Å². The highest BCUT2D eigenvalue weighted by molar-refractivity contribution is 7.21. The number of ether oxygens (including phenoxy) is 1. The fraction of sp³-hybridized carbons (Fsp3) is 0.552. The smallest absolute Gasteiger partial charge is 0.410 e. The first-order valence-electron chi connectivity index (χ1n) is 14.1. The van der Waals surface area contributed by atoms with Gasteiger partial charge in [-0.3, -0.25) is 4.79 Å². The number of aromatic amines is 1. The summed E-state index contributed by atoms with van der Waals surface area (Å²) in [4.78, 5) is 45.0. The van der Waals surface area contributed by atoms with Crippen molar-refractivity contribution in [1.29, 1.82) is 0 Å². The van der Waals surface area contributed by atoms with Crippen LogP contribution in [0.4, 0.5) is 9.93 Å². The van der Waals surface area contributed by atoms with E-state index in [0.717, 1.165) is 37.9 Å². The second kappa shape index (κ2) is 10.6. The van der Waals surface area contributed by atoms with Gasteiger partial charge < -0.3 is 24.4 Å². The molecule has 1 aliphatic heterocycles. The highest BCUT2D eigenvalue weighted by atomic mass is 32.1. The summed E-state index contributed by atoms with van der Waals surface area (Å²) in [7, 11) is 1.59. The molecule has 4 aromatic heterocycles. The number of nitrogens with zero attached hydrogens (tertiary/aromatic N) is 7. The van der Waals surface area contributed by atoms with Crippen LogP contribution in [0.3, 0.4) is 0 Å². The first-order valence-corrected chi connectivity index (χ1v) is 14.9. The number of hydrogen-bond acceptors (Lipinski definition) is 8. The van der Waals surface area contributed by atoms with Gasteiger partial charge in [-0.2, -0.15) is 5.10 Å². The summed E-state index contributed by atoms with van der Waals surface area (Å²) in [5.41, 5.74) is 6.92. The molecule has 4 aromatic rings. The monoisotopic (exact) mass is 580 g/mol. The Morgan fingerprint density at radius 3 is 2.61 bits per heavy atom. The van der Waals surface area contributed by atoms with Gasteiger partial charge in [0.1, 0.15) is 28.8 Å². The molecule has 5 heterocycles. The van der Waals surface area contributed by atoms with Crippen molar-refractivity contribution in [2.75, 3.05) is 38.1 Å². The number of rotatable bonds is 5. The minimum Gasteiger partial charge on any atom is -0.444 e. The van der Waals surface area contributed by atoms with Gasteiger partial charge in [-0.05, 0) is 58.6 Å². The van der Waals surface area contributed by atoms with Crippen molar-refractivity contribution in [3.05, 3.63) is 29.2 Å². The maximum atomic E-state index is 13.0. The number of pyridine rings is 1. The van der Waals surface area contributed by atoms with Crippen LogP contribution in [-0.4, -0.2) is 91.2 Å². The molecule has 12 heteroatoms. The lowest BCUT2D eigenvalue weighted by Crippen LogP contribution is -2.55. The van der Waals surface area contributed by atoms with E-state index < -0.39 is 11.7 Å². The van der Waals surface area contributed by atoms with Crippen molar-refractivity contribution in [3.8, 4) is 11.3 Å². The van der Waals surface area contributed by atoms with E-state index in [9.17, 15) is 9.59 Å². The molecule has 0 unspecified atom stereocenters. The lowest BCUT2D eigenvalue weighted by molar-refractivity contribution is -0.132. The van der Waals surface area contributed by atoms with Crippen LogP contribution in [0.15, 0.2) is 12.5 Å². The van der Waals surface area contributed by atoms with Crippen molar-refractivity contribution in [3.63, 3.8) is 0 Å². The summed E-state index contributed by atoms with van der Waals surface area (Å²) < 4.78 is 7.22. The summed E-state index contributed by atoms with van der Waals surface area (Å²) in [5.74, 6) is 0.173. The number of anilines is 1. The molecule has 1 saturated heterocycles. The van der Waals surface area contributed by atoms with E-state index in [0.29, 0.717) is 19.6 Å². The van der Waals surface area contributed by atoms with Gasteiger partial charge in [0.05, 0.1) is 5.69 Å². The summed E-state index contributed by atoms with van der Waals surface area (Å²) >= 11 is 1.65. The lowest BCUT2D eigenvalue weighted by atomic mass is 9.96. The SMILES string of the molecule is Cc1c(-c2[nH]c3sc(N4CCN(C(=O)CN(C)C(=O)OC(C)(C)C)C[C@H]4C)nc3c2C(C)C)cn2ncnc2c1C. The van der Waals surface area contributed by atoms with Gasteiger partial charge in [-0.1, -0.05) is 25.2 Å². The number of carbonyl (C=O) groups is 2. The van der Waals surface area contributed by atoms with Crippen LogP contribution in [0, 0.1) is 13.8 Å². The molecule has 1 fully saturated rings. The third-order valence-corrected chi connectivity index (χ3v) is 8.66. The minimum atomic E-state index is -0.606. The van der Waals surface area contributed by atoms with Crippen molar-refractivity contribution in [2.45, 2.75) is 73.0 Å². The molecule has 5 rings (SSSR count). The largest absolute Gasteiger partial charge is 0.444 e. The average molecular weight is 581 g/mol. The van der Waals surface area contributed by atoms with Gasteiger partial charge in [-0.15, -0.1) is 0 Å². The fourth-order valence-corrected chi connectivity index (χ4v) is 6.52. The molecule has 41 heavy (non-hydrogen) atoms. The first kappa shape index (κ1) is 28.8. The molecule has 1 atom stereocenters. The Kier molecular flexibility index (Phi) is 7.47. The maximum absolute atomic E-state index is 13.0. The molecule has 1 aliphatic rings. The number of thiazole rings is 1. The summed E-state index contributed by atoms with van der Waals surface area (Å²) in [5, 5.41) is 5.33. The minimum absolute atomic E-state index is 0.0122. The summed E-state index contributed by atoms with van der Waals surface area (Å²) in [6, 6.07) is 0.0800. The van der Waals surface area contributed by atoms with Crippen molar-refractivity contribution >= 4 is 44.5 Å². The summed E-state index contributed by atoms with van der Waals surface area (Å²) in [6.45, 7) is 17.9. The Balaban J connectivity index is 1.35. The van der Waals surface area contributed by atoms with E-state index in [-0.39, 0.29) is 24.4 Å². The Morgan fingerprint density at radius 2 is 1.95 bits per heavy atom. The number of aryl methyl sites for hydroxylation is 1. The molecule has 0 aliphatic carbocycles. The fourth-order valence-electron chi connectivity index (χ4n) is 5.40. The van der Waals surface area contributed by atoms with Crippen molar-refractivity contribution in [1.82, 2.24) is 34.4 Å². The Morgan fingerprint density at radius 1 is 1.22 bits per heavy atom. The van der Waals surface area contributed by atoms with Crippen LogP contribution >= 0.6 is 11.3 Å². The predicted molar refractivity (Wildman–Crippen MR) is 162 cm³/mol. The van der Waals surface area contributed by atoms with Crippen LogP contribution in [0.1, 0.15) is 64.2 Å². The van der Waals surface area contributed by atoms with Crippen molar-refractivity contribution < 1.29 is 14.3 Å². The number of fused-ring (bicyclic) bond motifs is 2. The molecular weight excluding hydrogens is 540 g/mol. The zero-order chi connectivity index (χ0) is 29.8. The highest BCUT2D eigenvalue weighted by Gasteiger charge is 2.31. The molecule has 220 valence electrons. The number of piperazine rings is 1. The zero-order valence-electron chi connectivity index (χ0n) is 25.4. The molecule has 0 aromatic carbocycles. The standard InChI is InChI=1S/C29H40N8O3S/c1-16(2)22-23(20-13-37-25(30-15-31-37)19(5)18(20)4)32-26-24(22)33-27(41-26)36-11-10-35(12-17(36)3)21(38)14-34(9)28(39)40-29(6,7)8/h13,15-17,32H,10-12,14H2,1-9H3/t17-/m1/s1. The number of amides is 2. The maximum Gasteiger partial charge on any atom is 0.410 e. The molecular formula is C29H40N8O3S. The molecule has 0 radical (unpaired) electrons. The van der Waals surface area contributed by atoms with Gasteiger partial charge in [-0.25, -0.2) is 19.3 Å². The van der Waals surface area contributed by atoms with Crippen LogP contribution in [0.2, 0.25) is 0 Å². The van der Waals surface area contributed by atoms with E-state index in [1.165, 1.54) is 16.0 Å². The van der Waals surface area contributed by atoms with E-state index >= 15 is 0 Å². The van der Waals surface area contributed by atoms with E-state index in [1.54, 1.807) is 24.7 Å². The van der Waals surface area contributed by atoms with Crippen LogP contribution < -0.4 is 4.90 Å². The quantitative estimate of drug-likeness (QED) is 0.354. The number of likely N-dealkylation sites (N-methyl/N-ethyl adjacent to an activating group) is 1. The van der Waals surface area contributed by atoms with Crippen molar-refractivity contribution in [2.24, 2.45) is 0 Å². The lowest BCUT2D eigenvalue weighted by Gasteiger charge is -2.40. The normalized spacial score (nSPS) is 16.3. The Labute approximate surface area is 244 Å². The number of hydrogen-bond donors (Lipinski definition) is 1. The van der Waals surface area contributed by atoms with E-state index in [2.05, 4.69) is 54.6 Å². The second-order valence-electron chi connectivity index (χ2n) is 12.3. The predicted octanol–water partition coefficient (Wildman–Crippen LogP) is 4.98. The number of aromatic nitrogens is 5. The zero-order valence-corrected chi connectivity index (χ0v) is 26.2. The van der Waals surface area contributed by atoms with Gasteiger partial charge >= 0.3 is 6.09 Å². The molecule has 2 amide bonds. The third kappa shape index (κ3) is 5.49. The van der Waals surface area contributed by atoms with E-state index in [1.807, 2.05) is 36.4 Å². The second-order valence-corrected chi connectivity index (χ2v) is 13.3. The number of nitrogens with one attached hydrogen (secondary N) is 1. The highest BCUT2D eigenvalue weighted by Crippen LogP contribution is 2.41. The molecule has 0 saturated carbocycles. The first-order chi connectivity index (χ1) is 19.2. The summed E-state index contributed by atoms with van der Waals surface area (Å²) in [6.07, 6.45) is 3.14. The van der Waals surface area contributed by atoms with Gasteiger partial charge in [0.15, 0.2) is 10.8 Å². The third-order valence-electron chi connectivity index (χ3n) is 7.66. The van der Waals surface area contributed by atoms with Gasteiger partial charge in [0.25, 0.3) is 0 Å². The van der Waals surface area contributed by atoms with Gasteiger partial charge in [0.2, 0.25) is 5.91 Å². The van der Waals surface area contributed by atoms with E-state index in [4.69, 9.17) is 9.72 Å². The van der Waals surface area contributed by atoms with Crippen LogP contribution in [-0.2, 0) is 9.53 Å². The average Bonchev–Trinajstić information content (AvgIpc) is 3.59. The number of carbonyl (C=O) groups excluding carboxylic acids is 2. The number of H-pyrrole nitrogens is 1. The van der Waals surface area contributed by atoms with Gasteiger partial charge in [0, 0.05) is 50.0 Å². The molecule has 1 N–H and O–H groups in total.